The third-order valence-electron chi connectivity index (χ3n) is 7.96. The number of fused-ring (bicyclic) bond motifs is 4. The fourth-order valence-electron chi connectivity index (χ4n) is 6.16. The highest BCUT2D eigenvalue weighted by atomic mass is 35.5. The van der Waals surface area contributed by atoms with Gasteiger partial charge in [0.15, 0.2) is 24.1 Å². The van der Waals surface area contributed by atoms with Gasteiger partial charge in [0.05, 0.1) is 6.61 Å². The van der Waals surface area contributed by atoms with Crippen molar-refractivity contribution in [3.8, 4) is 0 Å². The molecule has 10 atom stereocenters. The predicted molar refractivity (Wildman–Crippen MR) is 146 cm³/mol. The molecule has 5 aliphatic rings. The maximum Gasteiger partial charge on any atom is 0.476 e. The van der Waals surface area contributed by atoms with Gasteiger partial charge in [0.2, 0.25) is 0 Å². The molecule has 1 aromatic carbocycles. The summed E-state index contributed by atoms with van der Waals surface area (Å²) < 4.78 is 69.7. The molecule has 5 aliphatic heterocycles. The monoisotopic (exact) mass is 642 g/mol. The van der Waals surface area contributed by atoms with Gasteiger partial charge in [-0.2, -0.15) is 0 Å². The number of benzene rings is 1. The number of nitrogens with zero attached hydrogens (tertiary/aromatic N) is 1. The zero-order valence-corrected chi connectivity index (χ0v) is 25.6. The van der Waals surface area contributed by atoms with E-state index >= 15 is 0 Å². The molecule has 5 saturated heterocycles. The first-order valence-corrected chi connectivity index (χ1v) is 15.8. The van der Waals surface area contributed by atoms with Crippen LogP contribution in [0.1, 0.15) is 51.2 Å². The number of halogens is 1. The molecule has 5 fully saturated rings. The first kappa shape index (κ1) is 29.8. The van der Waals surface area contributed by atoms with E-state index in [4.69, 9.17) is 53.6 Å². The second-order valence-electron chi connectivity index (χ2n) is 12.1. The summed E-state index contributed by atoms with van der Waals surface area (Å²) >= 11 is 6.11. The quantitative estimate of drug-likeness (QED) is 0.477. The highest BCUT2D eigenvalue weighted by molar-refractivity contribution is 7.48. The summed E-state index contributed by atoms with van der Waals surface area (Å²) in [6, 6.07) is 6.87. The largest absolute Gasteiger partial charge is 0.476 e. The number of nitrogens with one attached hydrogen (secondary N) is 1. The van der Waals surface area contributed by atoms with E-state index in [1.807, 2.05) is 0 Å². The van der Waals surface area contributed by atoms with Crippen molar-refractivity contribution in [1.82, 2.24) is 9.55 Å². The van der Waals surface area contributed by atoms with Crippen LogP contribution in [0.25, 0.3) is 0 Å². The standard InChI is InChI=1S/C27H32ClN2O12P/c1-12-10-30(25(32)29-22(12)31)23-20-17(37-26(2,3)38-20)15(35-23)11-34-43(33)41-16(13-6-8-14(28)9-7-13)18-19(42-43)21-24(36-18)40-27(4,5)39-21/h6-10,15-21,23-24H,11H2,1-5H3,(H,29,31,32)/t15-,16-,17-,18-,19+,20-,21-,23-,24-,43?/m1/s1. The summed E-state index contributed by atoms with van der Waals surface area (Å²) in [5, 5.41) is 0.519. The summed E-state index contributed by atoms with van der Waals surface area (Å²) in [5.74, 6) is -1.94. The average Bonchev–Trinajstić information content (AvgIpc) is 3.61. The molecule has 0 spiro atoms. The van der Waals surface area contributed by atoms with Gasteiger partial charge in [-0.15, -0.1) is 0 Å². The molecule has 43 heavy (non-hydrogen) atoms. The van der Waals surface area contributed by atoms with Crippen LogP contribution in [0.3, 0.4) is 0 Å². The zero-order chi connectivity index (χ0) is 30.5. The molecule has 0 amide bonds. The lowest BCUT2D eigenvalue weighted by Gasteiger charge is -2.38. The average molecular weight is 643 g/mol. The van der Waals surface area contributed by atoms with Gasteiger partial charge in [0.1, 0.15) is 42.7 Å². The Bertz CT molecular complexity index is 1580. The third kappa shape index (κ3) is 5.36. The Balaban J connectivity index is 1.15. The van der Waals surface area contributed by atoms with E-state index in [2.05, 4.69) is 4.98 Å². The van der Waals surface area contributed by atoms with E-state index in [0.29, 0.717) is 16.1 Å². The summed E-state index contributed by atoms with van der Waals surface area (Å²) in [5.41, 5.74) is -0.219. The van der Waals surface area contributed by atoms with Crippen molar-refractivity contribution in [2.75, 3.05) is 6.61 Å². The van der Waals surface area contributed by atoms with Crippen molar-refractivity contribution in [2.45, 2.75) is 101 Å². The van der Waals surface area contributed by atoms with E-state index < -0.39 is 85.9 Å². The van der Waals surface area contributed by atoms with Crippen LogP contribution in [0.2, 0.25) is 5.02 Å². The smallest absolute Gasteiger partial charge is 0.346 e. The molecule has 0 saturated carbocycles. The molecular weight excluding hydrogens is 611 g/mol. The minimum Gasteiger partial charge on any atom is -0.346 e. The van der Waals surface area contributed by atoms with Crippen LogP contribution in [-0.4, -0.2) is 70.6 Å². The summed E-state index contributed by atoms with van der Waals surface area (Å²) in [6.45, 7) is 8.24. The van der Waals surface area contributed by atoms with Crippen molar-refractivity contribution < 1.29 is 46.6 Å². The Morgan fingerprint density at radius 1 is 0.907 bits per heavy atom. The van der Waals surface area contributed by atoms with Gasteiger partial charge >= 0.3 is 13.5 Å². The van der Waals surface area contributed by atoms with Gasteiger partial charge in [-0.25, -0.2) is 9.36 Å². The Hall–Kier alpha value is -1.94. The van der Waals surface area contributed by atoms with Crippen LogP contribution in [0.15, 0.2) is 40.1 Å². The SMILES string of the molecule is Cc1cn([C@@H]2O[C@H](COP3(=O)O[C@@H]4[C@H]5OC(C)(C)O[C@H]5O[C@@H]4[C@@H](c4ccc(Cl)cc4)O3)[C@H]3OC(C)(C)O[C@H]32)c(=O)[nH]c1=O. The summed E-state index contributed by atoms with van der Waals surface area (Å²) in [4.78, 5) is 26.9. The lowest BCUT2D eigenvalue weighted by Crippen LogP contribution is -2.43. The van der Waals surface area contributed by atoms with Gasteiger partial charge in [-0.3, -0.25) is 27.9 Å². The minimum atomic E-state index is -4.29. The van der Waals surface area contributed by atoms with Crippen LogP contribution in [0.4, 0.5) is 0 Å². The van der Waals surface area contributed by atoms with Crippen LogP contribution in [-0.2, 0) is 46.6 Å². The van der Waals surface area contributed by atoms with Crippen molar-refractivity contribution in [2.24, 2.45) is 0 Å². The van der Waals surface area contributed by atoms with Gasteiger partial charge in [-0.1, -0.05) is 23.7 Å². The number of phosphoric ester groups is 1. The van der Waals surface area contributed by atoms with Gasteiger partial charge in [-0.05, 0) is 52.3 Å². The second-order valence-corrected chi connectivity index (χ2v) is 14.1. The normalized spacial score (nSPS) is 40.7. The first-order chi connectivity index (χ1) is 20.2. The summed E-state index contributed by atoms with van der Waals surface area (Å²) in [7, 11) is -4.29. The minimum absolute atomic E-state index is 0.298. The first-order valence-electron chi connectivity index (χ1n) is 13.9. The second kappa shape index (κ2) is 10.3. The van der Waals surface area contributed by atoms with Crippen LogP contribution in [0.5, 0.6) is 0 Å². The topological polar surface area (TPSA) is 155 Å². The molecule has 1 aromatic heterocycles. The Morgan fingerprint density at radius 3 is 2.33 bits per heavy atom. The Morgan fingerprint density at radius 2 is 1.58 bits per heavy atom. The molecule has 0 bridgehead atoms. The van der Waals surface area contributed by atoms with Gasteiger partial charge < -0.3 is 28.4 Å². The molecule has 0 radical (unpaired) electrons. The number of rotatable bonds is 5. The molecule has 6 heterocycles. The number of aromatic amines is 1. The fraction of sp³-hybridized carbons (Fsp3) is 0.630. The molecule has 1 N–H and O–H groups in total. The number of hydrogen-bond donors (Lipinski definition) is 1. The maximum atomic E-state index is 14.2. The van der Waals surface area contributed by atoms with Crippen LogP contribution < -0.4 is 11.2 Å². The van der Waals surface area contributed by atoms with Crippen molar-refractivity contribution in [3.63, 3.8) is 0 Å². The molecule has 234 valence electrons. The van der Waals surface area contributed by atoms with E-state index in [-0.39, 0.29) is 6.61 Å². The van der Waals surface area contributed by atoms with Crippen molar-refractivity contribution in [1.29, 1.82) is 0 Å². The van der Waals surface area contributed by atoms with Crippen molar-refractivity contribution >= 4 is 19.4 Å². The maximum absolute atomic E-state index is 14.2. The molecule has 7 rings (SSSR count). The highest BCUT2D eigenvalue weighted by Gasteiger charge is 2.63. The Kier molecular flexibility index (Phi) is 7.12. The van der Waals surface area contributed by atoms with Crippen LogP contribution >= 0.6 is 19.4 Å². The highest BCUT2D eigenvalue weighted by Crippen LogP contribution is 2.63. The molecule has 14 nitrogen and oxygen atoms in total. The lowest BCUT2D eigenvalue weighted by atomic mass is 9.99. The fourth-order valence-corrected chi connectivity index (χ4v) is 7.85. The van der Waals surface area contributed by atoms with E-state index in [1.165, 1.54) is 10.8 Å². The summed E-state index contributed by atoms with van der Waals surface area (Å²) in [6.07, 6.45) is -5.71. The predicted octanol–water partition coefficient (Wildman–Crippen LogP) is 3.07. The van der Waals surface area contributed by atoms with Crippen LogP contribution in [0, 0.1) is 6.92 Å². The van der Waals surface area contributed by atoms with E-state index in [0.717, 1.165) is 0 Å². The molecule has 16 heteroatoms. The van der Waals surface area contributed by atoms with Crippen molar-refractivity contribution in [3.05, 3.63) is 67.4 Å². The number of aryl methyl sites for hydroxylation is 1. The van der Waals surface area contributed by atoms with Gasteiger partial charge in [0.25, 0.3) is 5.56 Å². The number of hydrogen-bond acceptors (Lipinski definition) is 12. The van der Waals surface area contributed by atoms with Gasteiger partial charge in [0, 0.05) is 16.8 Å². The molecule has 2 aromatic rings. The number of H-pyrrole nitrogens is 1. The zero-order valence-electron chi connectivity index (χ0n) is 24.0. The van der Waals surface area contributed by atoms with E-state index in [9.17, 15) is 14.2 Å². The molecule has 0 aliphatic carbocycles. The third-order valence-corrected chi connectivity index (χ3v) is 9.66. The van der Waals surface area contributed by atoms with E-state index in [1.54, 1.807) is 58.9 Å². The lowest BCUT2D eigenvalue weighted by molar-refractivity contribution is -0.232. The molecular formula is C27H32ClN2O12P. The number of ether oxygens (including phenoxy) is 6. The molecule has 1 unspecified atom stereocenters. The number of phosphoric acid groups is 1. The Labute approximate surface area is 251 Å². The number of aromatic nitrogens is 2.